The SMILES string of the molecule is CC(CN)OCCOCC(=O)O. The minimum absolute atomic E-state index is 0.00146. The first-order chi connectivity index (χ1) is 5.66. The number of nitrogens with two attached hydrogens (primary N) is 1. The van der Waals surface area contributed by atoms with Crippen molar-refractivity contribution in [2.24, 2.45) is 5.73 Å². The Bertz CT molecular complexity index is 129. The van der Waals surface area contributed by atoms with E-state index in [0.29, 0.717) is 13.2 Å². The zero-order chi connectivity index (χ0) is 9.40. The molecule has 5 nitrogen and oxygen atoms in total. The number of ether oxygens (including phenoxy) is 2. The quantitative estimate of drug-likeness (QED) is 0.510. The predicted molar refractivity (Wildman–Crippen MR) is 42.9 cm³/mol. The lowest BCUT2D eigenvalue weighted by molar-refractivity contribution is -0.142. The van der Waals surface area contributed by atoms with Crippen LogP contribution in [-0.4, -0.2) is 43.5 Å². The van der Waals surface area contributed by atoms with E-state index in [-0.39, 0.29) is 19.3 Å². The fourth-order valence-electron chi connectivity index (χ4n) is 0.536. The molecule has 0 saturated heterocycles. The molecule has 0 amide bonds. The summed E-state index contributed by atoms with van der Waals surface area (Å²) < 4.78 is 9.85. The highest BCUT2D eigenvalue weighted by molar-refractivity contribution is 5.67. The van der Waals surface area contributed by atoms with E-state index in [0.717, 1.165) is 0 Å². The number of carboxylic acid groups (broad SMARTS) is 1. The van der Waals surface area contributed by atoms with Crippen LogP contribution in [-0.2, 0) is 14.3 Å². The van der Waals surface area contributed by atoms with Crippen molar-refractivity contribution in [2.45, 2.75) is 13.0 Å². The molecule has 0 aliphatic carbocycles. The fraction of sp³-hybridized carbons (Fsp3) is 0.857. The van der Waals surface area contributed by atoms with Crippen LogP contribution in [0.25, 0.3) is 0 Å². The van der Waals surface area contributed by atoms with Gasteiger partial charge in [0.15, 0.2) is 0 Å². The van der Waals surface area contributed by atoms with Crippen molar-refractivity contribution in [3.8, 4) is 0 Å². The van der Waals surface area contributed by atoms with E-state index in [1.165, 1.54) is 0 Å². The van der Waals surface area contributed by atoms with Gasteiger partial charge in [-0.25, -0.2) is 4.79 Å². The van der Waals surface area contributed by atoms with E-state index >= 15 is 0 Å². The van der Waals surface area contributed by atoms with Crippen molar-refractivity contribution >= 4 is 5.97 Å². The maximum Gasteiger partial charge on any atom is 0.329 e. The van der Waals surface area contributed by atoms with Crippen LogP contribution in [0.4, 0.5) is 0 Å². The summed E-state index contributed by atoms with van der Waals surface area (Å²) in [5, 5.41) is 8.18. The average molecular weight is 177 g/mol. The van der Waals surface area contributed by atoms with Crippen LogP contribution in [0, 0.1) is 0 Å². The second-order valence-corrected chi connectivity index (χ2v) is 2.36. The number of carboxylic acids is 1. The minimum atomic E-state index is -0.970. The largest absolute Gasteiger partial charge is 0.480 e. The third-order valence-electron chi connectivity index (χ3n) is 1.19. The van der Waals surface area contributed by atoms with Gasteiger partial charge in [0.1, 0.15) is 6.61 Å². The van der Waals surface area contributed by atoms with Crippen molar-refractivity contribution in [2.75, 3.05) is 26.4 Å². The molecule has 0 spiro atoms. The highest BCUT2D eigenvalue weighted by Gasteiger charge is 1.99. The second kappa shape index (κ2) is 7.02. The standard InChI is InChI=1S/C7H15NO4/c1-6(4-8)12-3-2-11-5-7(9)10/h6H,2-5,8H2,1H3,(H,9,10). The zero-order valence-corrected chi connectivity index (χ0v) is 7.16. The smallest absolute Gasteiger partial charge is 0.329 e. The number of aliphatic carboxylic acids is 1. The summed E-state index contributed by atoms with van der Waals surface area (Å²) in [6.45, 7) is 2.69. The summed E-state index contributed by atoms with van der Waals surface area (Å²) >= 11 is 0. The molecular formula is C7H15NO4. The summed E-state index contributed by atoms with van der Waals surface area (Å²) in [5.74, 6) is -0.970. The normalized spacial score (nSPS) is 12.8. The lowest BCUT2D eigenvalue weighted by Gasteiger charge is -2.09. The van der Waals surface area contributed by atoms with Crippen molar-refractivity contribution in [3.05, 3.63) is 0 Å². The number of rotatable bonds is 7. The van der Waals surface area contributed by atoms with Crippen LogP contribution in [0.15, 0.2) is 0 Å². The fourth-order valence-corrected chi connectivity index (χ4v) is 0.536. The van der Waals surface area contributed by atoms with E-state index in [1.54, 1.807) is 0 Å². The molecule has 0 radical (unpaired) electrons. The first-order valence-corrected chi connectivity index (χ1v) is 3.78. The molecule has 0 aromatic rings. The molecule has 0 bridgehead atoms. The minimum Gasteiger partial charge on any atom is -0.480 e. The van der Waals surface area contributed by atoms with Gasteiger partial charge in [0.25, 0.3) is 0 Å². The number of hydrogen-bond acceptors (Lipinski definition) is 4. The molecule has 0 fully saturated rings. The summed E-state index contributed by atoms with van der Waals surface area (Å²) in [6.07, 6.45) is -0.00146. The van der Waals surface area contributed by atoms with Gasteiger partial charge in [0.05, 0.1) is 19.3 Å². The van der Waals surface area contributed by atoms with Crippen molar-refractivity contribution < 1.29 is 19.4 Å². The van der Waals surface area contributed by atoms with Crippen LogP contribution in [0.1, 0.15) is 6.92 Å². The Morgan fingerprint density at radius 3 is 2.75 bits per heavy atom. The van der Waals surface area contributed by atoms with Crippen molar-refractivity contribution in [1.29, 1.82) is 0 Å². The van der Waals surface area contributed by atoms with Gasteiger partial charge in [0, 0.05) is 6.54 Å². The molecule has 0 saturated carbocycles. The molecule has 0 heterocycles. The maximum atomic E-state index is 9.97. The van der Waals surface area contributed by atoms with Crippen LogP contribution < -0.4 is 5.73 Å². The van der Waals surface area contributed by atoms with Crippen LogP contribution in [0.3, 0.4) is 0 Å². The Hall–Kier alpha value is -0.650. The van der Waals surface area contributed by atoms with Gasteiger partial charge in [-0.15, -0.1) is 0 Å². The van der Waals surface area contributed by atoms with E-state index in [4.69, 9.17) is 20.3 Å². The number of hydrogen-bond donors (Lipinski definition) is 2. The molecule has 5 heteroatoms. The molecule has 0 aliphatic rings. The third-order valence-corrected chi connectivity index (χ3v) is 1.19. The number of carbonyl (C=O) groups is 1. The summed E-state index contributed by atoms with van der Waals surface area (Å²) in [5.41, 5.74) is 5.28. The molecule has 1 atom stereocenters. The van der Waals surface area contributed by atoms with Gasteiger partial charge in [-0.05, 0) is 6.92 Å². The predicted octanol–water partition coefficient (Wildman–Crippen LogP) is -0.549. The molecule has 72 valence electrons. The zero-order valence-electron chi connectivity index (χ0n) is 7.16. The van der Waals surface area contributed by atoms with Crippen molar-refractivity contribution in [3.63, 3.8) is 0 Å². The molecule has 3 N–H and O–H groups in total. The average Bonchev–Trinajstić information content (AvgIpc) is 2.03. The summed E-state index contributed by atoms with van der Waals surface area (Å²) in [7, 11) is 0. The monoisotopic (exact) mass is 177 g/mol. The molecule has 12 heavy (non-hydrogen) atoms. The Labute approximate surface area is 71.5 Å². The first-order valence-electron chi connectivity index (χ1n) is 3.78. The summed E-state index contributed by atoms with van der Waals surface area (Å²) in [6, 6.07) is 0. The Morgan fingerprint density at radius 2 is 2.25 bits per heavy atom. The van der Waals surface area contributed by atoms with E-state index in [9.17, 15) is 4.79 Å². The molecular weight excluding hydrogens is 162 g/mol. The van der Waals surface area contributed by atoms with E-state index < -0.39 is 5.97 Å². The Balaban J connectivity index is 3.05. The van der Waals surface area contributed by atoms with Crippen molar-refractivity contribution in [1.82, 2.24) is 0 Å². The van der Waals surface area contributed by atoms with Gasteiger partial charge in [-0.1, -0.05) is 0 Å². The summed E-state index contributed by atoms with van der Waals surface area (Å²) in [4.78, 5) is 9.97. The second-order valence-electron chi connectivity index (χ2n) is 2.36. The maximum absolute atomic E-state index is 9.97. The third kappa shape index (κ3) is 7.46. The highest BCUT2D eigenvalue weighted by Crippen LogP contribution is 1.86. The lowest BCUT2D eigenvalue weighted by Crippen LogP contribution is -2.22. The highest BCUT2D eigenvalue weighted by atomic mass is 16.5. The molecule has 0 aliphatic heterocycles. The lowest BCUT2D eigenvalue weighted by atomic mass is 10.4. The van der Waals surface area contributed by atoms with Gasteiger partial charge in [-0.2, -0.15) is 0 Å². The van der Waals surface area contributed by atoms with Gasteiger partial charge >= 0.3 is 5.97 Å². The molecule has 1 unspecified atom stereocenters. The van der Waals surface area contributed by atoms with Crippen LogP contribution in [0.2, 0.25) is 0 Å². The van der Waals surface area contributed by atoms with E-state index in [1.807, 2.05) is 6.92 Å². The Morgan fingerprint density at radius 1 is 1.58 bits per heavy atom. The first kappa shape index (κ1) is 11.4. The van der Waals surface area contributed by atoms with Crippen LogP contribution >= 0.6 is 0 Å². The van der Waals surface area contributed by atoms with Gasteiger partial charge < -0.3 is 20.3 Å². The molecule has 0 aromatic heterocycles. The van der Waals surface area contributed by atoms with Gasteiger partial charge in [-0.3, -0.25) is 0 Å². The van der Waals surface area contributed by atoms with Crippen LogP contribution in [0.5, 0.6) is 0 Å². The topological polar surface area (TPSA) is 81.8 Å². The Kier molecular flexibility index (Phi) is 6.64. The van der Waals surface area contributed by atoms with E-state index in [2.05, 4.69) is 0 Å². The molecule has 0 rings (SSSR count). The molecule has 0 aromatic carbocycles. The van der Waals surface area contributed by atoms with Gasteiger partial charge in [0.2, 0.25) is 0 Å².